The van der Waals surface area contributed by atoms with Gasteiger partial charge in [-0.3, -0.25) is 24.2 Å². The third-order valence-corrected chi connectivity index (χ3v) is 12.9. The third kappa shape index (κ3) is 10.6. The average Bonchev–Trinajstić information content (AvgIpc) is 3.77. The van der Waals surface area contributed by atoms with Crippen molar-refractivity contribution < 1.29 is 22.7 Å². The van der Waals surface area contributed by atoms with Gasteiger partial charge in [0.2, 0.25) is 10.0 Å². The number of aromatic amines is 1. The molecule has 1 atom stereocenters. The second kappa shape index (κ2) is 18.9. The summed E-state index contributed by atoms with van der Waals surface area (Å²) >= 11 is 19.1. The molecule has 2 amide bonds. The van der Waals surface area contributed by atoms with Gasteiger partial charge in [0, 0.05) is 21.8 Å². The van der Waals surface area contributed by atoms with Crippen LogP contribution in [0.3, 0.4) is 0 Å². The highest BCUT2D eigenvalue weighted by Crippen LogP contribution is 2.39. The van der Waals surface area contributed by atoms with E-state index in [0.717, 1.165) is 27.8 Å². The molecule has 2 heterocycles. The maximum Gasteiger partial charge on any atom is 0.299 e. The number of anilines is 3. The molecule has 0 spiro atoms. The predicted octanol–water partition coefficient (Wildman–Crippen LogP) is 10.3. The molecule has 3 aromatic carbocycles. The number of unbranched alkanes of at least 4 members (excludes halogenated alkanes) is 1. The van der Waals surface area contributed by atoms with Gasteiger partial charge in [-0.2, -0.15) is 5.10 Å². The predicted molar refractivity (Wildman–Crippen MR) is 242 cm³/mol. The van der Waals surface area contributed by atoms with Gasteiger partial charge >= 0.3 is 0 Å². The Morgan fingerprint density at radius 1 is 0.883 bits per heavy atom. The van der Waals surface area contributed by atoms with Crippen molar-refractivity contribution in [3.05, 3.63) is 109 Å². The Morgan fingerprint density at radius 2 is 1.57 bits per heavy atom. The summed E-state index contributed by atoms with van der Waals surface area (Å²) in [5.41, 5.74) is 1.67. The fourth-order valence-electron chi connectivity index (χ4n) is 6.30. The van der Waals surface area contributed by atoms with Crippen molar-refractivity contribution in [1.29, 1.82) is 0 Å². The minimum absolute atomic E-state index is 0.0330. The van der Waals surface area contributed by atoms with Crippen LogP contribution < -0.4 is 25.7 Å². The molecule has 13 nitrogen and oxygen atoms in total. The molecule has 0 saturated heterocycles. The minimum Gasteiger partial charge on any atom is -0.480 e. The maximum absolute atomic E-state index is 14.1. The Bertz CT molecular complexity index is 2520. The van der Waals surface area contributed by atoms with E-state index in [1.54, 1.807) is 12.1 Å². The highest BCUT2D eigenvalue weighted by atomic mass is 35.5. The SMILES string of the molecule is CCCCS(=O)(=O)Nc1cnn(-c2c(NC(=O)c3cccc(NC(=O)C(CC)Oc4ccc(C(C)(C)CC)cc4C(C)(C)CC)c3)[nH]n(-c3c(Cl)cc(Cl)cc3Cl)c2=O)c1. The molecule has 0 saturated carbocycles. The summed E-state index contributed by atoms with van der Waals surface area (Å²) in [6, 6.07) is 15.3. The number of carbonyl (C=O) groups is 2. The van der Waals surface area contributed by atoms with E-state index in [2.05, 4.69) is 79.2 Å². The zero-order chi connectivity index (χ0) is 44.2. The molecular weight excluding hydrogens is 849 g/mol. The number of halogens is 3. The molecule has 60 heavy (non-hydrogen) atoms. The number of aromatic nitrogens is 4. The van der Waals surface area contributed by atoms with Gasteiger partial charge in [0.15, 0.2) is 17.6 Å². The Labute approximate surface area is 366 Å². The van der Waals surface area contributed by atoms with Gasteiger partial charge in [-0.05, 0) is 78.5 Å². The molecule has 0 aliphatic heterocycles. The molecular formula is C43H52Cl3N7O6S. The number of sulfonamides is 1. The van der Waals surface area contributed by atoms with Crippen LogP contribution in [0.1, 0.15) is 109 Å². The first-order chi connectivity index (χ1) is 28.2. The molecule has 4 N–H and O–H groups in total. The summed E-state index contributed by atoms with van der Waals surface area (Å²) in [4.78, 5) is 41.7. The second-order valence-electron chi connectivity index (χ2n) is 15.9. The average molecular weight is 901 g/mol. The van der Waals surface area contributed by atoms with Gasteiger partial charge in [0.25, 0.3) is 17.4 Å². The Balaban J connectivity index is 1.44. The maximum atomic E-state index is 14.1. The Morgan fingerprint density at radius 3 is 2.20 bits per heavy atom. The lowest BCUT2D eigenvalue weighted by Crippen LogP contribution is -2.33. The molecule has 0 aliphatic rings. The van der Waals surface area contributed by atoms with E-state index in [4.69, 9.17) is 39.5 Å². The lowest BCUT2D eigenvalue weighted by Gasteiger charge is -2.31. The van der Waals surface area contributed by atoms with E-state index in [-0.39, 0.29) is 60.1 Å². The van der Waals surface area contributed by atoms with Crippen molar-refractivity contribution in [3.8, 4) is 17.1 Å². The summed E-state index contributed by atoms with van der Waals surface area (Å²) < 4.78 is 36.3. The fraction of sp³-hybridized carbons (Fsp3) is 0.395. The number of H-pyrrole nitrogens is 1. The van der Waals surface area contributed by atoms with Crippen LogP contribution in [0.4, 0.5) is 17.2 Å². The number of carbonyl (C=O) groups excluding carboxylic acids is 2. The van der Waals surface area contributed by atoms with Crippen LogP contribution in [0, 0.1) is 0 Å². The van der Waals surface area contributed by atoms with Crippen molar-refractivity contribution in [3.63, 3.8) is 0 Å². The Hall–Kier alpha value is -4.76. The van der Waals surface area contributed by atoms with E-state index in [1.807, 2.05) is 19.9 Å². The van der Waals surface area contributed by atoms with E-state index in [9.17, 15) is 22.8 Å². The van der Waals surface area contributed by atoms with Gasteiger partial charge in [-0.1, -0.05) is 115 Å². The van der Waals surface area contributed by atoms with Crippen LogP contribution in [-0.2, 0) is 25.6 Å². The van der Waals surface area contributed by atoms with E-state index in [1.165, 1.54) is 42.2 Å². The third-order valence-electron chi connectivity index (χ3n) is 10.7. The number of benzene rings is 3. The molecule has 0 bridgehead atoms. The largest absolute Gasteiger partial charge is 0.480 e. The topological polar surface area (TPSA) is 169 Å². The lowest BCUT2D eigenvalue weighted by molar-refractivity contribution is -0.122. The van der Waals surface area contributed by atoms with Crippen LogP contribution in [0.2, 0.25) is 15.1 Å². The van der Waals surface area contributed by atoms with E-state index in [0.29, 0.717) is 30.7 Å². The number of rotatable bonds is 18. The van der Waals surface area contributed by atoms with Gasteiger partial charge in [0.05, 0.1) is 33.9 Å². The smallest absolute Gasteiger partial charge is 0.299 e. The number of hydrogen-bond donors (Lipinski definition) is 4. The van der Waals surface area contributed by atoms with Crippen molar-refractivity contribution in [2.45, 2.75) is 104 Å². The number of amides is 2. The van der Waals surface area contributed by atoms with Crippen LogP contribution >= 0.6 is 34.8 Å². The number of hydrogen-bond acceptors (Lipinski definition) is 7. The monoisotopic (exact) mass is 899 g/mol. The normalized spacial score (nSPS) is 12.6. The molecule has 0 radical (unpaired) electrons. The zero-order valence-corrected chi connectivity index (χ0v) is 38.1. The standard InChI is InChI=1S/C43H52Cl3N7O6S/c1-9-13-19-60(57,58)51-30-24-47-52(25-30)37-38(50-53(41(37)56)36-32(45)22-28(44)23-33(36)46)49-39(54)26-15-14-16-29(20-26)48-40(55)34(10-2)59-35-18-17-27(42(5,6)11-3)21-31(35)43(7,8)12-4/h14-18,20-25,34,50-51H,9-13,19H2,1-8H3,(H,48,55)(H,49,54). The molecule has 17 heteroatoms. The number of ether oxygens (including phenoxy) is 1. The summed E-state index contributed by atoms with van der Waals surface area (Å²) in [6.07, 6.45) is 5.03. The first-order valence-electron chi connectivity index (χ1n) is 19.8. The van der Waals surface area contributed by atoms with Crippen molar-refractivity contribution in [2.75, 3.05) is 21.1 Å². The van der Waals surface area contributed by atoms with Gasteiger partial charge in [-0.15, -0.1) is 0 Å². The first kappa shape index (κ1) is 46.3. The van der Waals surface area contributed by atoms with Gasteiger partial charge in [-0.25, -0.2) is 17.8 Å². The van der Waals surface area contributed by atoms with Crippen LogP contribution in [0.15, 0.2) is 71.8 Å². The van der Waals surface area contributed by atoms with E-state index < -0.39 is 33.5 Å². The van der Waals surface area contributed by atoms with Crippen molar-refractivity contribution in [2.24, 2.45) is 0 Å². The van der Waals surface area contributed by atoms with Gasteiger partial charge < -0.3 is 15.4 Å². The zero-order valence-electron chi connectivity index (χ0n) is 35.0. The van der Waals surface area contributed by atoms with Crippen LogP contribution in [0.5, 0.6) is 5.75 Å². The summed E-state index contributed by atoms with van der Waals surface area (Å²) in [5.74, 6) is -0.636. The quantitative estimate of drug-likeness (QED) is 0.0678. The summed E-state index contributed by atoms with van der Waals surface area (Å²) in [6.45, 7) is 16.8. The summed E-state index contributed by atoms with van der Waals surface area (Å²) in [7, 11) is -3.70. The molecule has 0 fully saturated rings. The fourth-order valence-corrected chi connectivity index (χ4v) is 8.52. The van der Waals surface area contributed by atoms with Crippen molar-refractivity contribution >= 4 is 73.8 Å². The second-order valence-corrected chi connectivity index (χ2v) is 19.0. The molecule has 2 aromatic heterocycles. The number of nitrogens with one attached hydrogen (secondary N) is 4. The van der Waals surface area contributed by atoms with Crippen LogP contribution in [-0.4, -0.2) is 51.6 Å². The Kier molecular flexibility index (Phi) is 14.6. The highest BCUT2D eigenvalue weighted by Gasteiger charge is 2.30. The molecule has 322 valence electrons. The molecule has 5 rings (SSSR count). The van der Waals surface area contributed by atoms with Gasteiger partial charge in [0.1, 0.15) is 11.4 Å². The number of nitrogens with zero attached hydrogens (tertiary/aromatic N) is 3. The molecule has 1 unspecified atom stereocenters. The summed E-state index contributed by atoms with van der Waals surface area (Å²) in [5, 5.41) is 13.0. The first-order valence-corrected chi connectivity index (χ1v) is 22.6. The van der Waals surface area contributed by atoms with Crippen molar-refractivity contribution in [1.82, 2.24) is 19.6 Å². The van der Waals surface area contributed by atoms with E-state index >= 15 is 0 Å². The lowest BCUT2D eigenvalue weighted by atomic mass is 9.76. The molecule has 5 aromatic rings. The van der Waals surface area contributed by atoms with Crippen LogP contribution in [0.25, 0.3) is 11.4 Å². The molecule has 0 aliphatic carbocycles. The minimum atomic E-state index is -3.70. The highest BCUT2D eigenvalue weighted by molar-refractivity contribution is 7.92.